The number of benzene rings is 4. The topological polar surface area (TPSA) is 318 Å². The van der Waals surface area contributed by atoms with Gasteiger partial charge in [0.25, 0.3) is 5.91 Å². The van der Waals surface area contributed by atoms with Crippen molar-refractivity contribution in [1.82, 2.24) is 25.8 Å². The minimum Gasteiger partial charge on any atom is -0.507 e. The number of carbonyl (C=O) groups is 7. The van der Waals surface area contributed by atoms with E-state index >= 15 is 0 Å². The van der Waals surface area contributed by atoms with Crippen LogP contribution in [0, 0.1) is 23.2 Å². The van der Waals surface area contributed by atoms with Crippen LogP contribution in [0.2, 0.25) is 0 Å². The van der Waals surface area contributed by atoms with Crippen molar-refractivity contribution >= 4 is 46.8 Å². The summed E-state index contributed by atoms with van der Waals surface area (Å²) in [7, 11) is 2.87. The number of hydrogen-bond donors (Lipinski definition) is 6. The number of likely N-dealkylation sites (tertiary alicyclic amines) is 1. The van der Waals surface area contributed by atoms with Gasteiger partial charge in [-0.15, -0.1) is 0 Å². The Labute approximate surface area is 580 Å². The standard InChI is InChI=1S/C74H90N6O20/c1-45-68-53(79-31-34-97-71(92-3)70(79)100-68)41-59(98-45)99-55-43-74(90,42-51-61(55)67(87)63-62(65(51)85)64(84)50-12-8-14-54(91-2)60(50)66(63)86)72(89)77-28-27-75-56(81)20-32-93-35-37-95-39-40-96-38-36-94-33-21-57(82)78-29-24-73(25-30-78)22-17-48(18-23-73)69(88)76-26-19-58(83)80-44-49-11-5-4-9-46(49)15-16-47-10-6-7-13-52(47)80/h4-14,45,48,53,55,59,68,70-71,85,87,90H,17-44H2,1-3H3,(H,75,81)(H,76,88)(H,77,89). The van der Waals surface area contributed by atoms with Crippen LogP contribution >= 0.6 is 0 Å². The molecule has 4 saturated heterocycles. The number of rotatable bonds is 27. The fraction of sp³-hybridized carbons (Fsp3) is 0.554. The predicted octanol–water partition coefficient (Wildman–Crippen LogP) is 4.48. The first kappa shape index (κ1) is 71.9. The molecule has 1 saturated carbocycles. The van der Waals surface area contributed by atoms with E-state index in [9.17, 15) is 48.9 Å². The first-order valence-electron chi connectivity index (χ1n) is 34.9. The minimum atomic E-state index is -2.31. The fourth-order valence-corrected chi connectivity index (χ4v) is 15.4. The van der Waals surface area contributed by atoms with Crippen molar-refractivity contribution in [2.45, 2.75) is 139 Å². The van der Waals surface area contributed by atoms with E-state index in [0.29, 0.717) is 59.2 Å². The molecule has 3 aliphatic carbocycles. The maximum Gasteiger partial charge on any atom is 0.252 e. The van der Waals surface area contributed by atoms with Gasteiger partial charge in [0.1, 0.15) is 29.0 Å². The fourth-order valence-electron chi connectivity index (χ4n) is 15.4. The van der Waals surface area contributed by atoms with E-state index < -0.39 is 89.6 Å². The maximum atomic E-state index is 14.3. The third kappa shape index (κ3) is 15.7. The number of ether oxygens (including phenoxy) is 10. The number of piperidine rings is 1. The van der Waals surface area contributed by atoms with E-state index in [2.05, 4.69) is 32.7 Å². The van der Waals surface area contributed by atoms with Gasteiger partial charge in [-0.1, -0.05) is 54.3 Å². The van der Waals surface area contributed by atoms with Crippen molar-refractivity contribution in [2.75, 3.05) is 118 Å². The zero-order valence-electron chi connectivity index (χ0n) is 56.9. The average molecular weight is 1380 g/mol. The van der Waals surface area contributed by atoms with Crippen LogP contribution < -0.4 is 25.6 Å². The molecule has 5 amide bonds. The molecule has 1 spiro atoms. The molecule has 5 aliphatic heterocycles. The highest BCUT2D eigenvalue weighted by Gasteiger charge is 2.56. The van der Waals surface area contributed by atoms with Crippen molar-refractivity contribution in [1.29, 1.82) is 0 Å². The van der Waals surface area contributed by atoms with Crippen LogP contribution in [0.15, 0.2) is 66.7 Å². The SMILES string of the molecule is COc1cccc2c1C(=O)c1c(O)c3c(c(O)c1C2=O)CC(O)(C(=O)NCCNC(=O)CCOCCOCCOCCOCCC(=O)N1CCC2(CCC(C(=O)NCCC(=O)N4Cc5ccccc5C#Cc5ccccc54)CC2)CC1)CC3OC1CC2C(OC3C(OC)OCCN23)C(C)O1. The van der Waals surface area contributed by atoms with Gasteiger partial charge >= 0.3 is 0 Å². The van der Waals surface area contributed by atoms with Crippen molar-refractivity contribution in [2.24, 2.45) is 11.3 Å². The minimum absolute atomic E-state index is 0.000613. The summed E-state index contributed by atoms with van der Waals surface area (Å²) in [6, 6.07) is 19.7. The molecule has 4 aromatic carbocycles. The van der Waals surface area contributed by atoms with Gasteiger partial charge in [-0.25, -0.2) is 0 Å². The van der Waals surface area contributed by atoms with E-state index in [0.717, 1.165) is 60.9 Å². The molecule has 26 heteroatoms. The highest BCUT2D eigenvalue weighted by molar-refractivity contribution is 6.31. The summed E-state index contributed by atoms with van der Waals surface area (Å²) in [6.07, 6.45) is 0.499. The molecular formula is C74H90N6O20. The number of phenols is 2. The molecule has 4 aromatic rings. The van der Waals surface area contributed by atoms with Gasteiger partial charge in [-0.3, -0.25) is 38.5 Å². The number of nitrogens with one attached hydrogen (secondary N) is 3. The van der Waals surface area contributed by atoms with Crippen LogP contribution in [0.25, 0.3) is 0 Å². The Bertz CT molecular complexity index is 3740. The highest BCUT2D eigenvalue weighted by atomic mass is 16.7. The number of ketones is 2. The number of fused-ring (bicyclic) bond motifs is 8. The van der Waals surface area contributed by atoms with Crippen LogP contribution in [0.4, 0.5) is 5.69 Å². The lowest BCUT2D eigenvalue weighted by Crippen LogP contribution is -2.55. The Balaban J connectivity index is 0.502. The Morgan fingerprint density at radius 3 is 2.09 bits per heavy atom. The molecule has 26 nitrogen and oxygen atoms in total. The molecule has 0 aromatic heterocycles. The number of aliphatic hydroxyl groups is 1. The number of aromatic hydroxyl groups is 2. The summed E-state index contributed by atoms with van der Waals surface area (Å²) in [5, 5.41) is 44.9. The number of para-hydroxylation sites is 1. The first-order valence-corrected chi connectivity index (χ1v) is 34.9. The van der Waals surface area contributed by atoms with Crippen LogP contribution in [-0.2, 0) is 79.6 Å². The summed E-state index contributed by atoms with van der Waals surface area (Å²) in [6.45, 7) is 6.85. The molecular weight excluding hydrogens is 1290 g/mol. The van der Waals surface area contributed by atoms with Gasteiger partial charge in [-0.05, 0) is 80.7 Å². The number of methoxy groups -OCH3 is 2. The highest BCUT2D eigenvalue weighted by Crippen LogP contribution is 2.53. The second kappa shape index (κ2) is 32.4. The Morgan fingerprint density at radius 1 is 0.690 bits per heavy atom. The van der Waals surface area contributed by atoms with Crippen LogP contribution in [0.5, 0.6) is 17.2 Å². The molecule has 12 rings (SSSR count). The molecule has 5 fully saturated rings. The summed E-state index contributed by atoms with van der Waals surface area (Å²) in [5.74, 6) is 2.34. The molecule has 8 unspecified atom stereocenters. The van der Waals surface area contributed by atoms with Crippen molar-refractivity contribution in [3.05, 3.63) is 117 Å². The van der Waals surface area contributed by atoms with Gasteiger partial charge in [0.05, 0.1) is 114 Å². The number of nitrogens with zero attached hydrogens (tertiary/aromatic N) is 3. The smallest absolute Gasteiger partial charge is 0.252 e. The van der Waals surface area contributed by atoms with Gasteiger partial charge in [0.15, 0.2) is 24.6 Å². The Hall–Kier alpha value is -7.91. The molecule has 8 aliphatic rings. The zero-order valence-corrected chi connectivity index (χ0v) is 56.9. The number of carbonyl (C=O) groups excluding carboxylic acids is 7. The molecule has 0 bridgehead atoms. The third-order valence-electron chi connectivity index (χ3n) is 20.8. The lowest BCUT2D eigenvalue weighted by molar-refractivity contribution is -0.256. The summed E-state index contributed by atoms with van der Waals surface area (Å²) in [5.41, 5.74) is -0.0807. The van der Waals surface area contributed by atoms with Gasteiger partial charge in [-0.2, -0.15) is 0 Å². The monoisotopic (exact) mass is 1380 g/mol. The van der Waals surface area contributed by atoms with Crippen LogP contribution in [0.3, 0.4) is 0 Å². The van der Waals surface area contributed by atoms with Crippen LogP contribution in [-0.4, -0.2) is 222 Å². The number of phenolic OH excluding ortho intramolecular Hbond substituents is 2. The quantitative estimate of drug-likeness (QED) is 0.0240. The second-order valence-electron chi connectivity index (χ2n) is 26.9. The molecule has 8 atom stereocenters. The second-order valence-corrected chi connectivity index (χ2v) is 26.9. The van der Waals surface area contributed by atoms with E-state index in [-0.39, 0.29) is 147 Å². The molecule has 5 heterocycles. The number of morpholine rings is 1. The maximum absolute atomic E-state index is 14.3. The van der Waals surface area contributed by atoms with Gasteiger partial charge < -0.3 is 88.4 Å². The van der Waals surface area contributed by atoms with Crippen molar-refractivity contribution < 1.29 is 96.2 Å². The largest absolute Gasteiger partial charge is 0.507 e. The Morgan fingerprint density at radius 2 is 1.36 bits per heavy atom. The summed E-state index contributed by atoms with van der Waals surface area (Å²) in [4.78, 5) is 101. The Kier molecular flexibility index (Phi) is 23.3. The molecule has 536 valence electrons. The van der Waals surface area contributed by atoms with Crippen molar-refractivity contribution in [3.63, 3.8) is 0 Å². The number of amides is 5. The molecule has 100 heavy (non-hydrogen) atoms. The van der Waals surface area contributed by atoms with Gasteiger partial charge in [0, 0.05) is 118 Å². The molecule has 6 N–H and O–H groups in total. The lowest BCUT2D eigenvalue weighted by atomic mass is 9.65. The van der Waals surface area contributed by atoms with E-state index in [4.69, 9.17) is 47.4 Å². The predicted molar refractivity (Wildman–Crippen MR) is 358 cm³/mol. The molecule has 0 radical (unpaired) electrons. The lowest BCUT2D eigenvalue weighted by Gasteiger charge is -2.45. The van der Waals surface area contributed by atoms with E-state index in [1.54, 1.807) is 4.90 Å². The average Bonchev–Trinajstić information content (AvgIpc) is 0.783. The van der Waals surface area contributed by atoms with E-state index in [1.807, 2.05) is 60.4 Å². The van der Waals surface area contributed by atoms with Crippen LogP contribution in [0.1, 0.15) is 143 Å². The summed E-state index contributed by atoms with van der Waals surface area (Å²) < 4.78 is 58.6. The third-order valence-corrected chi connectivity index (χ3v) is 20.8. The first-order chi connectivity index (χ1) is 48.5. The van der Waals surface area contributed by atoms with Gasteiger partial charge in [0.2, 0.25) is 29.4 Å². The number of anilines is 1. The normalized spacial score (nSPS) is 24.3. The zero-order chi connectivity index (χ0) is 70.1. The number of hydrogen-bond acceptors (Lipinski definition) is 21. The van der Waals surface area contributed by atoms with Crippen molar-refractivity contribution in [3.8, 4) is 29.1 Å². The summed E-state index contributed by atoms with van der Waals surface area (Å²) >= 11 is 0. The van der Waals surface area contributed by atoms with E-state index in [1.165, 1.54) is 32.4 Å².